The number of hydrogen-bond acceptors (Lipinski definition) is 6. The van der Waals surface area contributed by atoms with Crippen LogP contribution in [0.1, 0.15) is 12.5 Å². The summed E-state index contributed by atoms with van der Waals surface area (Å²) < 4.78 is 29.4. The molecule has 0 radical (unpaired) electrons. The predicted molar refractivity (Wildman–Crippen MR) is 86.6 cm³/mol. The molecule has 0 fully saturated rings. The molecule has 1 aromatic heterocycles. The second-order valence-electron chi connectivity index (χ2n) is 4.67. The number of pyridine rings is 1. The maximum Gasteiger partial charge on any atom is 0.411 e. The van der Waals surface area contributed by atoms with Crippen LogP contribution in [0.25, 0.3) is 0 Å². The lowest BCUT2D eigenvalue weighted by atomic mass is 10.2. The van der Waals surface area contributed by atoms with Crippen LogP contribution in [0.3, 0.4) is 0 Å². The third-order valence-electron chi connectivity index (χ3n) is 2.93. The SMILES string of the molecule is CCOC(=O)Nc1ccc(S(=O)(=O)Cc2ccccc2)nc1N. The molecule has 0 spiro atoms. The highest BCUT2D eigenvalue weighted by atomic mass is 32.2. The minimum atomic E-state index is -3.63. The first-order chi connectivity index (χ1) is 10.9. The van der Waals surface area contributed by atoms with Gasteiger partial charge in [0, 0.05) is 0 Å². The molecule has 0 aliphatic heterocycles. The molecule has 0 atom stereocenters. The van der Waals surface area contributed by atoms with Crippen molar-refractivity contribution in [3.05, 3.63) is 48.0 Å². The zero-order chi connectivity index (χ0) is 16.9. The molecule has 3 N–H and O–H groups in total. The summed E-state index contributed by atoms with van der Waals surface area (Å²) in [5.41, 5.74) is 6.56. The number of nitrogens with zero attached hydrogens (tertiary/aromatic N) is 1. The third kappa shape index (κ3) is 4.43. The molecule has 23 heavy (non-hydrogen) atoms. The van der Waals surface area contributed by atoms with Gasteiger partial charge in [-0.25, -0.2) is 18.2 Å². The number of nitrogens with two attached hydrogens (primary N) is 1. The van der Waals surface area contributed by atoms with Crippen molar-refractivity contribution < 1.29 is 17.9 Å². The number of ether oxygens (including phenoxy) is 1. The van der Waals surface area contributed by atoms with Crippen molar-refractivity contribution in [2.45, 2.75) is 17.7 Å². The Morgan fingerprint density at radius 1 is 1.22 bits per heavy atom. The van der Waals surface area contributed by atoms with E-state index in [0.717, 1.165) is 0 Å². The van der Waals surface area contributed by atoms with Gasteiger partial charge in [-0.1, -0.05) is 30.3 Å². The van der Waals surface area contributed by atoms with E-state index in [9.17, 15) is 13.2 Å². The number of sulfone groups is 1. The van der Waals surface area contributed by atoms with E-state index in [1.54, 1.807) is 31.2 Å². The molecule has 1 aromatic carbocycles. The molecule has 2 rings (SSSR count). The fourth-order valence-electron chi connectivity index (χ4n) is 1.88. The zero-order valence-electron chi connectivity index (χ0n) is 12.5. The van der Waals surface area contributed by atoms with E-state index in [0.29, 0.717) is 5.56 Å². The highest BCUT2D eigenvalue weighted by Crippen LogP contribution is 2.21. The Kier molecular flexibility index (Phi) is 5.17. The fourth-order valence-corrected chi connectivity index (χ4v) is 3.17. The lowest BCUT2D eigenvalue weighted by Gasteiger charge is -2.09. The fraction of sp³-hybridized carbons (Fsp3) is 0.200. The molecule has 2 aromatic rings. The summed E-state index contributed by atoms with van der Waals surface area (Å²) in [7, 11) is -3.63. The van der Waals surface area contributed by atoms with Crippen LogP contribution in [0.2, 0.25) is 0 Å². The van der Waals surface area contributed by atoms with E-state index in [2.05, 4.69) is 10.3 Å². The van der Waals surface area contributed by atoms with E-state index in [1.807, 2.05) is 6.07 Å². The molecule has 0 aliphatic rings. The van der Waals surface area contributed by atoms with Crippen LogP contribution in [-0.2, 0) is 20.3 Å². The smallest absolute Gasteiger partial charge is 0.411 e. The maximum atomic E-state index is 12.4. The Hall–Kier alpha value is -2.61. The number of hydrogen-bond donors (Lipinski definition) is 2. The molecule has 0 aliphatic carbocycles. The van der Waals surface area contributed by atoms with Gasteiger partial charge in [0.25, 0.3) is 0 Å². The second-order valence-corrected chi connectivity index (χ2v) is 6.61. The van der Waals surface area contributed by atoms with Crippen LogP contribution in [0.5, 0.6) is 0 Å². The number of benzene rings is 1. The Balaban J connectivity index is 2.20. The van der Waals surface area contributed by atoms with E-state index in [4.69, 9.17) is 10.5 Å². The monoisotopic (exact) mass is 335 g/mol. The molecule has 0 bridgehead atoms. The molecule has 7 nitrogen and oxygen atoms in total. The number of nitrogens with one attached hydrogen (secondary N) is 1. The Morgan fingerprint density at radius 3 is 2.52 bits per heavy atom. The second kappa shape index (κ2) is 7.10. The van der Waals surface area contributed by atoms with E-state index in [1.165, 1.54) is 12.1 Å². The van der Waals surface area contributed by atoms with Gasteiger partial charge in [0.2, 0.25) is 0 Å². The highest BCUT2D eigenvalue weighted by molar-refractivity contribution is 7.90. The Morgan fingerprint density at radius 2 is 1.91 bits per heavy atom. The van der Waals surface area contributed by atoms with Crippen LogP contribution in [0.15, 0.2) is 47.5 Å². The molecule has 8 heteroatoms. The largest absolute Gasteiger partial charge is 0.450 e. The Bertz CT molecular complexity index is 792. The number of aromatic nitrogens is 1. The lowest BCUT2D eigenvalue weighted by molar-refractivity contribution is 0.168. The molecular weight excluding hydrogens is 318 g/mol. The van der Waals surface area contributed by atoms with Gasteiger partial charge in [-0.2, -0.15) is 0 Å². The maximum absolute atomic E-state index is 12.4. The van der Waals surface area contributed by atoms with Crippen molar-refractivity contribution in [3.63, 3.8) is 0 Å². The number of amides is 1. The van der Waals surface area contributed by atoms with Crippen LogP contribution < -0.4 is 11.1 Å². The van der Waals surface area contributed by atoms with Gasteiger partial charge < -0.3 is 10.5 Å². The summed E-state index contributed by atoms with van der Waals surface area (Å²) in [5.74, 6) is -0.266. The van der Waals surface area contributed by atoms with Gasteiger partial charge in [0.1, 0.15) is 5.82 Å². The van der Waals surface area contributed by atoms with Crippen molar-refractivity contribution in [2.24, 2.45) is 0 Å². The number of nitrogen functional groups attached to an aromatic ring is 1. The van der Waals surface area contributed by atoms with Gasteiger partial charge in [0.15, 0.2) is 14.9 Å². The number of rotatable bonds is 5. The van der Waals surface area contributed by atoms with Crippen molar-refractivity contribution >= 4 is 27.4 Å². The standard InChI is InChI=1S/C15H17N3O4S/c1-2-22-15(19)17-12-8-9-13(18-14(12)16)23(20,21)10-11-6-4-3-5-7-11/h3-9H,2,10H2,1H3,(H2,16,18)(H,17,19). The van der Waals surface area contributed by atoms with Gasteiger partial charge in [-0.3, -0.25) is 5.32 Å². The Labute approximate surface area is 134 Å². The predicted octanol–water partition coefficient (Wildman–Crippen LogP) is 2.21. The van der Waals surface area contributed by atoms with E-state index in [-0.39, 0.29) is 28.9 Å². The average Bonchev–Trinajstić information content (AvgIpc) is 2.50. The van der Waals surface area contributed by atoms with Crippen molar-refractivity contribution in [1.29, 1.82) is 0 Å². The van der Waals surface area contributed by atoms with Gasteiger partial charge in [-0.15, -0.1) is 0 Å². The first-order valence-corrected chi connectivity index (χ1v) is 8.54. The van der Waals surface area contributed by atoms with Crippen LogP contribution >= 0.6 is 0 Å². The first kappa shape index (κ1) is 16.8. The minimum Gasteiger partial charge on any atom is -0.450 e. The normalized spacial score (nSPS) is 11.0. The highest BCUT2D eigenvalue weighted by Gasteiger charge is 2.19. The van der Waals surface area contributed by atoms with Crippen LogP contribution in [0, 0.1) is 0 Å². The molecular formula is C15H17N3O4S. The van der Waals surface area contributed by atoms with E-state index < -0.39 is 15.9 Å². The minimum absolute atomic E-state index is 0.0906. The molecule has 0 unspecified atom stereocenters. The molecule has 1 heterocycles. The van der Waals surface area contributed by atoms with Gasteiger partial charge in [0.05, 0.1) is 18.0 Å². The topological polar surface area (TPSA) is 111 Å². The lowest BCUT2D eigenvalue weighted by Crippen LogP contribution is -2.16. The molecule has 1 amide bonds. The quantitative estimate of drug-likeness (QED) is 0.866. The summed E-state index contributed by atoms with van der Waals surface area (Å²) in [6, 6.07) is 11.5. The summed E-state index contributed by atoms with van der Waals surface area (Å²) >= 11 is 0. The summed E-state index contributed by atoms with van der Waals surface area (Å²) in [6.45, 7) is 1.88. The van der Waals surface area contributed by atoms with Crippen molar-refractivity contribution in [2.75, 3.05) is 17.7 Å². The molecule has 122 valence electrons. The number of anilines is 2. The average molecular weight is 335 g/mol. The third-order valence-corrected chi connectivity index (χ3v) is 4.51. The number of carbonyl (C=O) groups is 1. The van der Waals surface area contributed by atoms with Gasteiger partial charge >= 0.3 is 6.09 Å². The zero-order valence-corrected chi connectivity index (χ0v) is 13.3. The molecule has 0 saturated heterocycles. The summed E-state index contributed by atoms with van der Waals surface area (Å²) in [6.07, 6.45) is -0.680. The van der Waals surface area contributed by atoms with Crippen molar-refractivity contribution in [3.8, 4) is 0 Å². The molecule has 0 saturated carbocycles. The van der Waals surface area contributed by atoms with E-state index >= 15 is 0 Å². The number of carbonyl (C=O) groups excluding carboxylic acids is 1. The first-order valence-electron chi connectivity index (χ1n) is 6.89. The van der Waals surface area contributed by atoms with Crippen molar-refractivity contribution in [1.82, 2.24) is 4.98 Å². The summed E-state index contributed by atoms with van der Waals surface area (Å²) in [4.78, 5) is 15.2. The van der Waals surface area contributed by atoms with Gasteiger partial charge in [-0.05, 0) is 24.6 Å². The van der Waals surface area contributed by atoms with Crippen LogP contribution in [0.4, 0.5) is 16.3 Å². The summed E-state index contributed by atoms with van der Waals surface area (Å²) in [5, 5.41) is 2.25. The van der Waals surface area contributed by atoms with Crippen LogP contribution in [-0.4, -0.2) is 26.1 Å².